The van der Waals surface area contributed by atoms with E-state index in [0.717, 1.165) is 18.4 Å². The molecule has 0 N–H and O–H groups in total. The fraction of sp³-hybridized carbons (Fsp3) is 0.938. The van der Waals surface area contributed by atoms with Crippen molar-refractivity contribution in [3.8, 4) is 0 Å². The minimum absolute atomic E-state index is 0.613. The number of aliphatic imine (C=N–C) groups is 1. The molecule has 1 unspecified atom stereocenters. The van der Waals surface area contributed by atoms with Crippen LogP contribution in [-0.2, 0) is 0 Å². The minimum Gasteiger partial charge on any atom is -0.349 e. The van der Waals surface area contributed by atoms with Gasteiger partial charge in [-0.3, -0.25) is 9.89 Å². The lowest BCUT2D eigenvalue weighted by molar-refractivity contribution is 0.171. The Kier molecular flexibility index (Phi) is 7.35. The lowest BCUT2D eigenvalue weighted by Gasteiger charge is -2.33. The Balaban J connectivity index is 2.80. The van der Waals surface area contributed by atoms with E-state index in [1.165, 1.54) is 38.8 Å². The summed E-state index contributed by atoms with van der Waals surface area (Å²) in [6, 6.07) is 0.613. The van der Waals surface area contributed by atoms with Gasteiger partial charge in [-0.25, -0.2) is 0 Å². The summed E-state index contributed by atoms with van der Waals surface area (Å²) < 4.78 is 0. The molecule has 0 aromatic rings. The second kappa shape index (κ2) is 8.50. The molecule has 1 fully saturated rings. The van der Waals surface area contributed by atoms with Crippen molar-refractivity contribution < 1.29 is 0 Å². The van der Waals surface area contributed by atoms with E-state index in [1.54, 1.807) is 0 Å². The molecule has 20 heavy (non-hydrogen) atoms. The topological polar surface area (TPSA) is 22.1 Å². The maximum atomic E-state index is 4.91. The molecule has 0 aliphatic carbocycles. The highest BCUT2D eigenvalue weighted by molar-refractivity contribution is 5.79. The van der Waals surface area contributed by atoms with Crippen LogP contribution in [0, 0.1) is 5.92 Å². The molecular weight excluding hydrogens is 248 g/mol. The van der Waals surface area contributed by atoms with Crippen LogP contribution in [0.25, 0.3) is 0 Å². The number of rotatable bonds is 6. The van der Waals surface area contributed by atoms with E-state index in [-0.39, 0.29) is 0 Å². The molecule has 1 rings (SSSR count). The largest absolute Gasteiger partial charge is 0.349 e. The third kappa shape index (κ3) is 4.65. The van der Waals surface area contributed by atoms with Crippen molar-refractivity contribution >= 4 is 5.96 Å². The summed E-state index contributed by atoms with van der Waals surface area (Å²) in [4.78, 5) is 11.8. The first kappa shape index (κ1) is 17.3. The van der Waals surface area contributed by atoms with E-state index in [1.807, 2.05) is 0 Å². The Morgan fingerprint density at radius 1 is 1.00 bits per heavy atom. The van der Waals surface area contributed by atoms with Crippen LogP contribution in [0.5, 0.6) is 0 Å². The van der Waals surface area contributed by atoms with E-state index in [2.05, 4.69) is 56.7 Å². The number of hydrogen-bond donors (Lipinski definition) is 0. The molecule has 0 amide bonds. The SMILES string of the molecule is CCC(CC)C(CN=C(N(C)C)N(C)C)N1CCCC1. The van der Waals surface area contributed by atoms with Crippen molar-refractivity contribution in [2.45, 2.75) is 45.6 Å². The molecule has 4 heteroatoms. The van der Waals surface area contributed by atoms with E-state index in [4.69, 9.17) is 4.99 Å². The molecule has 0 bridgehead atoms. The monoisotopic (exact) mass is 282 g/mol. The molecule has 0 saturated carbocycles. The first-order chi connectivity index (χ1) is 9.51. The molecular formula is C16H34N4. The number of hydrogen-bond acceptors (Lipinski definition) is 2. The first-order valence-electron chi connectivity index (χ1n) is 8.14. The molecule has 1 aliphatic heterocycles. The van der Waals surface area contributed by atoms with Crippen LogP contribution < -0.4 is 0 Å². The molecule has 0 spiro atoms. The molecule has 1 saturated heterocycles. The van der Waals surface area contributed by atoms with Gasteiger partial charge >= 0.3 is 0 Å². The molecule has 4 nitrogen and oxygen atoms in total. The maximum absolute atomic E-state index is 4.91. The van der Waals surface area contributed by atoms with Crippen LogP contribution in [0.4, 0.5) is 0 Å². The molecule has 118 valence electrons. The molecule has 1 aliphatic rings. The van der Waals surface area contributed by atoms with Crippen LogP contribution in [-0.4, -0.2) is 74.5 Å². The van der Waals surface area contributed by atoms with Gasteiger partial charge in [0.2, 0.25) is 0 Å². The Morgan fingerprint density at radius 2 is 1.50 bits per heavy atom. The third-order valence-electron chi connectivity index (χ3n) is 4.42. The van der Waals surface area contributed by atoms with E-state index in [0.29, 0.717) is 6.04 Å². The van der Waals surface area contributed by atoms with Gasteiger partial charge in [0.05, 0.1) is 6.54 Å². The maximum Gasteiger partial charge on any atom is 0.195 e. The molecule has 1 heterocycles. The van der Waals surface area contributed by atoms with Crippen molar-refractivity contribution in [1.29, 1.82) is 0 Å². The third-order valence-corrected chi connectivity index (χ3v) is 4.42. The Hall–Kier alpha value is -0.770. The predicted molar refractivity (Wildman–Crippen MR) is 88.3 cm³/mol. The summed E-state index contributed by atoms with van der Waals surface area (Å²) in [5.41, 5.74) is 0. The van der Waals surface area contributed by atoms with Gasteiger partial charge in [0.1, 0.15) is 0 Å². The normalized spacial score (nSPS) is 17.4. The smallest absolute Gasteiger partial charge is 0.195 e. The Bertz CT molecular complexity index is 277. The van der Waals surface area contributed by atoms with E-state index in [9.17, 15) is 0 Å². The first-order valence-corrected chi connectivity index (χ1v) is 8.14. The van der Waals surface area contributed by atoms with Crippen molar-refractivity contribution in [2.75, 3.05) is 47.8 Å². The quantitative estimate of drug-likeness (QED) is 0.551. The summed E-state index contributed by atoms with van der Waals surface area (Å²) in [6.45, 7) is 8.09. The summed E-state index contributed by atoms with van der Waals surface area (Å²) in [5, 5.41) is 0. The van der Waals surface area contributed by atoms with Gasteiger partial charge in [-0.15, -0.1) is 0 Å². The van der Waals surface area contributed by atoms with Gasteiger partial charge in [0, 0.05) is 34.2 Å². The highest BCUT2D eigenvalue weighted by Gasteiger charge is 2.27. The lowest BCUT2D eigenvalue weighted by Crippen LogP contribution is -2.42. The second-order valence-electron chi connectivity index (χ2n) is 6.32. The molecule has 0 aromatic heterocycles. The van der Waals surface area contributed by atoms with Crippen molar-refractivity contribution in [3.05, 3.63) is 0 Å². The standard InChI is InChI=1S/C16H34N4/c1-7-14(8-2)15(20-11-9-10-12-20)13-17-16(18(3)4)19(5)6/h14-15H,7-13H2,1-6H3. The fourth-order valence-electron chi connectivity index (χ4n) is 3.33. The van der Waals surface area contributed by atoms with Gasteiger partial charge in [0.25, 0.3) is 0 Å². The van der Waals surface area contributed by atoms with E-state index >= 15 is 0 Å². The zero-order valence-electron chi connectivity index (χ0n) is 14.4. The molecule has 0 aromatic carbocycles. The van der Waals surface area contributed by atoms with Gasteiger partial charge in [0.15, 0.2) is 5.96 Å². The average molecular weight is 282 g/mol. The van der Waals surface area contributed by atoms with Crippen molar-refractivity contribution in [3.63, 3.8) is 0 Å². The van der Waals surface area contributed by atoms with E-state index < -0.39 is 0 Å². The zero-order valence-corrected chi connectivity index (χ0v) is 14.4. The van der Waals surface area contributed by atoms with Crippen molar-refractivity contribution in [1.82, 2.24) is 14.7 Å². The van der Waals surface area contributed by atoms with Crippen LogP contribution in [0.15, 0.2) is 4.99 Å². The van der Waals surface area contributed by atoms with Gasteiger partial charge in [-0.2, -0.15) is 0 Å². The average Bonchev–Trinajstić information content (AvgIpc) is 2.90. The highest BCUT2D eigenvalue weighted by atomic mass is 15.3. The summed E-state index contributed by atoms with van der Waals surface area (Å²) in [7, 11) is 8.28. The number of nitrogens with zero attached hydrogens (tertiary/aromatic N) is 4. The molecule has 0 radical (unpaired) electrons. The Labute approximate surface area is 125 Å². The summed E-state index contributed by atoms with van der Waals surface area (Å²) >= 11 is 0. The lowest BCUT2D eigenvalue weighted by atomic mass is 9.93. The minimum atomic E-state index is 0.613. The van der Waals surface area contributed by atoms with Gasteiger partial charge in [-0.1, -0.05) is 26.7 Å². The Morgan fingerprint density at radius 3 is 1.90 bits per heavy atom. The predicted octanol–water partition coefficient (Wildman–Crippen LogP) is 2.37. The number of guanidine groups is 1. The second-order valence-corrected chi connectivity index (χ2v) is 6.32. The zero-order chi connectivity index (χ0) is 15.1. The van der Waals surface area contributed by atoms with Gasteiger partial charge in [-0.05, 0) is 31.8 Å². The van der Waals surface area contributed by atoms with Crippen LogP contribution in [0.2, 0.25) is 0 Å². The summed E-state index contributed by atoms with van der Waals surface area (Å²) in [5.74, 6) is 1.84. The van der Waals surface area contributed by atoms with Crippen LogP contribution in [0.3, 0.4) is 0 Å². The van der Waals surface area contributed by atoms with Crippen molar-refractivity contribution in [2.24, 2.45) is 10.9 Å². The fourth-order valence-corrected chi connectivity index (χ4v) is 3.33. The van der Waals surface area contributed by atoms with Crippen LogP contribution >= 0.6 is 0 Å². The van der Waals surface area contributed by atoms with Crippen LogP contribution in [0.1, 0.15) is 39.5 Å². The number of likely N-dealkylation sites (tertiary alicyclic amines) is 1. The summed E-state index contributed by atoms with van der Waals surface area (Å²) in [6.07, 6.45) is 5.22. The van der Waals surface area contributed by atoms with Gasteiger partial charge < -0.3 is 9.80 Å². The highest BCUT2D eigenvalue weighted by Crippen LogP contribution is 2.23. The molecule has 1 atom stereocenters.